The molecule has 8 heteroatoms. The standard InChI is InChI=1S/C14H14ClN3O4/c1-10-16-9-13(18(20)21)17(10)5-6-22-14(19)12-4-2-3-11(7-12)8-15/h2-4,7,9H,5-6,8H2,1H3. The minimum atomic E-state index is -0.522. The number of ether oxygens (including phenoxy) is 1. The van der Waals surface area contributed by atoms with Gasteiger partial charge in [0.25, 0.3) is 0 Å². The van der Waals surface area contributed by atoms with Crippen molar-refractivity contribution in [2.45, 2.75) is 19.3 Å². The second-order valence-corrected chi connectivity index (χ2v) is 4.81. The molecule has 0 saturated carbocycles. The van der Waals surface area contributed by atoms with Crippen molar-refractivity contribution in [1.82, 2.24) is 9.55 Å². The lowest BCUT2D eigenvalue weighted by Gasteiger charge is -2.06. The molecule has 0 unspecified atom stereocenters. The number of carbonyl (C=O) groups excluding carboxylic acids is 1. The maximum absolute atomic E-state index is 11.9. The fourth-order valence-electron chi connectivity index (χ4n) is 1.97. The van der Waals surface area contributed by atoms with Crippen molar-refractivity contribution in [3.8, 4) is 0 Å². The number of carbonyl (C=O) groups is 1. The molecule has 2 aromatic rings. The number of rotatable bonds is 6. The molecular formula is C14H14ClN3O4. The zero-order chi connectivity index (χ0) is 16.1. The Morgan fingerprint density at radius 3 is 2.95 bits per heavy atom. The van der Waals surface area contributed by atoms with Crippen molar-refractivity contribution >= 4 is 23.4 Å². The van der Waals surface area contributed by atoms with Gasteiger partial charge in [-0.15, -0.1) is 11.6 Å². The number of alkyl halides is 1. The van der Waals surface area contributed by atoms with Gasteiger partial charge in [0.2, 0.25) is 0 Å². The zero-order valence-corrected chi connectivity index (χ0v) is 12.6. The van der Waals surface area contributed by atoms with E-state index in [-0.39, 0.29) is 19.0 Å². The largest absolute Gasteiger partial charge is 0.458 e. The van der Waals surface area contributed by atoms with Crippen LogP contribution in [-0.2, 0) is 17.2 Å². The van der Waals surface area contributed by atoms with Crippen molar-refractivity contribution in [3.63, 3.8) is 0 Å². The molecule has 0 bridgehead atoms. The molecule has 1 aromatic heterocycles. The van der Waals surface area contributed by atoms with Crippen molar-refractivity contribution in [2.75, 3.05) is 6.61 Å². The number of nitrogens with zero attached hydrogens (tertiary/aromatic N) is 3. The SMILES string of the molecule is Cc1ncc([N+](=O)[O-])n1CCOC(=O)c1cccc(CCl)c1. The molecule has 0 N–H and O–H groups in total. The van der Waals surface area contributed by atoms with Crippen LogP contribution in [0.4, 0.5) is 5.82 Å². The van der Waals surface area contributed by atoms with Gasteiger partial charge in [-0.2, -0.15) is 0 Å². The number of aryl methyl sites for hydroxylation is 1. The molecule has 0 atom stereocenters. The third-order valence-electron chi connectivity index (χ3n) is 3.09. The Hall–Kier alpha value is -2.41. The maximum atomic E-state index is 11.9. The highest BCUT2D eigenvalue weighted by Gasteiger charge is 2.17. The molecule has 7 nitrogen and oxygen atoms in total. The first kappa shape index (κ1) is 16.0. The van der Waals surface area contributed by atoms with E-state index in [9.17, 15) is 14.9 Å². The lowest BCUT2D eigenvalue weighted by molar-refractivity contribution is -0.392. The van der Waals surface area contributed by atoms with Crippen molar-refractivity contribution in [1.29, 1.82) is 0 Å². The van der Waals surface area contributed by atoms with Gasteiger partial charge in [-0.25, -0.2) is 14.3 Å². The highest BCUT2D eigenvalue weighted by atomic mass is 35.5. The van der Waals surface area contributed by atoms with Crippen molar-refractivity contribution < 1.29 is 14.5 Å². The topological polar surface area (TPSA) is 87.3 Å². The molecule has 0 aliphatic heterocycles. The van der Waals surface area contributed by atoms with Crippen molar-refractivity contribution in [2.24, 2.45) is 0 Å². The minimum Gasteiger partial charge on any atom is -0.458 e. The van der Waals surface area contributed by atoms with Crippen LogP contribution in [0.25, 0.3) is 0 Å². The smallest absolute Gasteiger partial charge is 0.342 e. The number of benzene rings is 1. The van der Waals surface area contributed by atoms with Crippen LogP contribution in [0.3, 0.4) is 0 Å². The first-order valence-electron chi connectivity index (χ1n) is 6.51. The average Bonchev–Trinajstić information content (AvgIpc) is 2.88. The number of hydrogen-bond donors (Lipinski definition) is 0. The van der Waals surface area contributed by atoms with Crippen LogP contribution < -0.4 is 0 Å². The lowest BCUT2D eigenvalue weighted by Crippen LogP contribution is -2.14. The Bertz CT molecular complexity index is 699. The first-order valence-corrected chi connectivity index (χ1v) is 7.05. The quantitative estimate of drug-likeness (QED) is 0.353. The summed E-state index contributed by atoms with van der Waals surface area (Å²) in [4.78, 5) is 26.1. The zero-order valence-electron chi connectivity index (χ0n) is 11.9. The second kappa shape index (κ2) is 7.04. The van der Waals surface area contributed by atoms with Gasteiger partial charge in [0, 0.05) is 12.8 Å². The molecule has 0 aliphatic carbocycles. The van der Waals surface area contributed by atoms with Crippen molar-refractivity contribution in [3.05, 3.63) is 57.5 Å². The lowest BCUT2D eigenvalue weighted by atomic mass is 10.1. The summed E-state index contributed by atoms with van der Waals surface area (Å²) in [6.07, 6.45) is 1.18. The van der Waals surface area contributed by atoms with E-state index in [2.05, 4.69) is 4.98 Å². The summed E-state index contributed by atoms with van der Waals surface area (Å²) in [5.74, 6) is 0.179. The highest BCUT2D eigenvalue weighted by Crippen LogP contribution is 2.14. The number of halogens is 1. The Balaban J connectivity index is 1.97. The molecule has 0 spiro atoms. The monoisotopic (exact) mass is 323 g/mol. The van der Waals surface area contributed by atoms with Gasteiger partial charge in [0.1, 0.15) is 19.3 Å². The number of hydrogen-bond acceptors (Lipinski definition) is 5. The molecule has 0 fully saturated rings. The van der Waals surface area contributed by atoms with Gasteiger partial charge in [-0.05, 0) is 22.6 Å². The summed E-state index contributed by atoms with van der Waals surface area (Å²) in [5.41, 5.74) is 1.22. The Morgan fingerprint density at radius 2 is 2.27 bits per heavy atom. The predicted molar refractivity (Wildman–Crippen MR) is 79.9 cm³/mol. The Labute approximate surface area is 131 Å². The number of nitro groups is 1. The molecule has 2 rings (SSSR count). The van der Waals surface area contributed by atoms with Crippen LogP contribution in [-0.4, -0.2) is 27.1 Å². The van der Waals surface area contributed by atoms with Gasteiger partial charge in [-0.3, -0.25) is 0 Å². The van der Waals surface area contributed by atoms with Crippen LogP contribution in [0.5, 0.6) is 0 Å². The molecule has 0 aliphatic rings. The minimum absolute atomic E-state index is 0.0158. The van der Waals surface area contributed by atoms with E-state index < -0.39 is 10.9 Å². The molecule has 116 valence electrons. The second-order valence-electron chi connectivity index (χ2n) is 4.54. The number of imidazole rings is 1. The van der Waals surface area contributed by atoms with E-state index in [1.807, 2.05) is 6.07 Å². The molecule has 1 heterocycles. The Kier molecular flexibility index (Phi) is 5.11. The maximum Gasteiger partial charge on any atom is 0.342 e. The molecule has 0 amide bonds. The summed E-state index contributed by atoms with van der Waals surface area (Å²) in [6, 6.07) is 6.81. The van der Waals surface area contributed by atoms with E-state index in [0.29, 0.717) is 17.3 Å². The van der Waals surface area contributed by atoms with Gasteiger partial charge in [0.05, 0.1) is 5.56 Å². The van der Waals surface area contributed by atoms with E-state index in [4.69, 9.17) is 16.3 Å². The summed E-state index contributed by atoms with van der Waals surface area (Å²) in [7, 11) is 0. The summed E-state index contributed by atoms with van der Waals surface area (Å²) in [5, 5.41) is 10.8. The van der Waals surface area contributed by atoms with E-state index in [1.165, 1.54) is 10.8 Å². The number of esters is 1. The molecule has 1 aromatic carbocycles. The molecule has 0 saturated heterocycles. The first-order chi connectivity index (χ1) is 10.5. The van der Waals surface area contributed by atoms with Crippen LogP contribution in [0.15, 0.2) is 30.5 Å². The van der Waals surface area contributed by atoms with E-state index in [1.54, 1.807) is 25.1 Å². The van der Waals surface area contributed by atoms with Crippen LogP contribution in [0.1, 0.15) is 21.7 Å². The highest BCUT2D eigenvalue weighted by molar-refractivity contribution is 6.17. The molecule has 0 radical (unpaired) electrons. The molecular weight excluding hydrogens is 310 g/mol. The average molecular weight is 324 g/mol. The van der Waals surface area contributed by atoms with Crippen LogP contribution in [0.2, 0.25) is 0 Å². The summed E-state index contributed by atoms with van der Waals surface area (Å²) in [6.45, 7) is 1.84. The third kappa shape index (κ3) is 3.62. The normalized spacial score (nSPS) is 10.5. The van der Waals surface area contributed by atoms with Gasteiger partial charge in [-0.1, -0.05) is 12.1 Å². The number of aromatic nitrogens is 2. The predicted octanol–water partition coefficient (Wildman–Crippen LogP) is 2.70. The van der Waals surface area contributed by atoms with E-state index >= 15 is 0 Å². The van der Waals surface area contributed by atoms with Crippen LogP contribution >= 0.6 is 11.6 Å². The summed E-state index contributed by atoms with van der Waals surface area (Å²) >= 11 is 5.71. The Morgan fingerprint density at radius 1 is 1.50 bits per heavy atom. The summed E-state index contributed by atoms with van der Waals surface area (Å²) < 4.78 is 6.53. The van der Waals surface area contributed by atoms with Gasteiger partial charge >= 0.3 is 11.8 Å². The fraction of sp³-hybridized carbons (Fsp3) is 0.286. The molecule has 22 heavy (non-hydrogen) atoms. The third-order valence-corrected chi connectivity index (χ3v) is 3.39. The van der Waals surface area contributed by atoms with Gasteiger partial charge < -0.3 is 14.9 Å². The van der Waals surface area contributed by atoms with E-state index in [0.717, 1.165) is 5.56 Å². The van der Waals surface area contributed by atoms with Gasteiger partial charge in [0.15, 0.2) is 5.82 Å². The fourth-order valence-corrected chi connectivity index (χ4v) is 2.14. The van der Waals surface area contributed by atoms with Crippen LogP contribution in [0, 0.1) is 17.0 Å².